The van der Waals surface area contributed by atoms with E-state index < -0.39 is 0 Å². The summed E-state index contributed by atoms with van der Waals surface area (Å²) in [7, 11) is 1.72. The molecule has 1 aromatic carbocycles. The van der Waals surface area contributed by atoms with Gasteiger partial charge in [0.2, 0.25) is 0 Å². The number of likely N-dealkylation sites (tertiary alicyclic amines) is 1. The van der Waals surface area contributed by atoms with Gasteiger partial charge in [0.25, 0.3) is 0 Å². The number of carbonyl (C=O) groups is 1. The minimum Gasteiger partial charge on any atom is -0.381 e. The normalized spacial score (nSPS) is 15.7. The molecule has 0 radical (unpaired) electrons. The van der Waals surface area contributed by atoms with E-state index in [1.807, 2.05) is 46.1 Å². The number of amides is 2. The number of hydrogen-bond acceptors (Lipinski definition) is 2. The van der Waals surface area contributed by atoms with E-state index in [0.29, 0.717) is 18.1 Å². The number of halogens is 1. The predicted octanol–water partition coefficient (Wildman–Crippen LogP) is 3.77. The maximum absolute atomic E-state index is 12.5. The van der Waals surface area contributed by atoms with E-state index in [1.165, 1.54) is 0 Å². The number of methoxy groups -OCH3 is 1. The third-order valence-corrected chi connectivity index (χ3v) is 4.38. The van der Waals surface area contributed by atoms with Crippen LogP contribution in [0.1, 0.15) is 12.8 Å². The molecular formula is C17H20ClN3O2. The van der Waals surface area contributed by atoms with Crippen molar-refractivity contribution in [3.05, 3.63) is 47.7 Å². The van der Waals surface area contributed by atoms with Crippen molar-refractivity contribution in [2.24, 2.45) is 0 Å². The Morgan fingerprint density at radius 3 is 2.61 bits per heavy atom. The molecule has 1 aromatic heterocycles. The van der Waals surface area contributed by atoms with Gasteiger partial charge < -0.3 is 19.5 Å². The molecular weight excluding hydrogens is 314 g/mol. The Morgan fingerprint density at radius 2 is 1.96 bits per heavy atom. The van der Waals surface area contributed by atoms with E-state index in [1.54, 1.807) is 13.2 Å². The Bertz CT molecular complexity index is 664. The third-order valence-electron chi connectivity index (χ3n) is 4.15. The quantitative estimate of drug-likeness (QED) is 0.929. The SMILES string of the molecule is COC1CCN(C(=O)Nc2ccc(Cl)cc2-n2cccc2)CC1. The summed E-state index contributed by atoms with van der Waals surface area (Å²) in [5.41, 5.74) is 1.59. The summed E-state index contributed by atoms with van der Waals surface area (Å²) in [5, 5.41) is 3.63. The Hall–Kier alpha value is -1.98. The summed E-state index contributed by atoms with van der Waals surface area (Å²) in [6.07, 6.45) is 5.84. The summed E-state index contributed by atoms with van der Waals surface area (Å²) in [6.45, 7) is 1.41. The highest BCUT2D eigenvalue weighted by Crippen LogP contribution is 2.25. The van der Waals surface area contributed by atoms with Gasteiger partial charge in [0.1, 0.15) is 0 Å². The second-order valence-corrected chi connectivity index (χ2v) is 6.04. The zero-order chi connectivity index (χ0) is 16.2. The number of nitrogens with zero attached hydrogens (tertiary/aromatic N) is 2. The fraction of sp³-hybridized carbons (Fsp3) is 0.353. The van der Waals surface area contributed by atoms with Crippen LogP contribution in [-0.2, 0) is 4.74 Å². The maximum Gasteiger partial charge on any atom is 0.321 e. The monoisotopic (exact) mass is 333 g/mol. The second kappa shape index (κ2) is 7.06. The first-order chi connectivity index (χ1) is 11.2. The van der Waals surface area contributed by atoms with Crippen molar-refractivity contribution in [1.29, 1.82) is 0 Å². The third kappa shape index (κ3) is 3.68. The molecule has 0 unspecified atom stereocenters. The number of hydrogen-bond donors (Lipinski definition) is 1. The van der Waals surface area contributed by atoms with E-state index in [4.69, 9.17) is 16.3 Å². The largest absolute Gasteiger partial charge is 0.381 e. The van der Waals surface area contributed by atoms with Gasteiger partial charge in [-0.1, -0.05) is 11.6 Å². The van der Waals surface area contributed by atoms with E-state index in [-0.39, 0.29) is 12.1 Å². The molecule has 2 heterocycles. The molecule has 0 atom stereocenters. The minimum absolute atomic E-state index is 0.0877. The highest BCUT2D eigenvalue weighted by Gasteiger charge is 2.23. The summed E-state index contributed by atoms with van der Waals surface area (Å²) in [6, 6.07) is 9.23. The molecule has 3 rings (SSSR count). The molecule has 1 saturated heterocycles. The Morgan fingerprint density at radius 1 is 1.26 bits per heavy atom. The highest BCUT2D eigenvalue weighted by molar-refractivity contribution is 6.30. The Kier molecular flexibility index (Phi) is 4.88. The van der Waals surface area contributed by atoms with E-state index in [0.717, 1.165) is 24.2 Å². The van der Waals surface area contributed by atoms with Gasteiger partial charge >= 0.3 is 6.03 Å². The topological polar surface area (TPSA) is 46.5 Å². The lowest BCUT2D eigenvalue weighted by molar-refractivity contribution is 0.0521. The molecule has 0 bridgehead atoms. The lowest BCUT2D eigenvalue weighted by atomic mass is 10.1. The standard InChI is InChI=1S/C17H20ClN3O2/c1-23-14-6-10-21(11-7-14)17(22)19-15-5-4-13(18)12-16(15)20-8-2-3-9-20/h2-5,8-9,12,14H,6-7,10-11H2,1H3,(H,19,22). The van der Waals surface area contributed by atoms with Gasteiger partial charge in [-0.3, -0.25) is 0 Å². The minimum atomic E-state index is -0.0877. The molecule has 1 N–H and O–H groups in total. The highest BCUT2D eigenvalue weighted by atomic mass is 35.5. The molecule has 0 aliphatic carbocycles. The van der Waals surface area contributed by atoms with Gasteiger partial charge in [0.15, 0.2) is 0 Å². The zero-order valence-electron chi connectivity index (χ0n) is 13.0. The van der Waals surface area contributed by atoms with E-state index in [2.05, 4.69) is 5.32 Å². The van der Waals surface area contributed by atoms with Crippen molar-refractivity contribution in [3.8, 4) is 5.69 Å². The average molecular weight is 334 g/mol. The molecule has 1 fully saturated rings. The van der Waals surface area contributed by atoms with Crippen LogP contribution in [0.25, 0.3) is 5.69 Å². The van der Waals surface area contributed by atoms with Gasteiger partial charge in [0.05, 0.1) is 17.5 Å². The van der Waals surface area contributed by atoms with E-state index >= 15 is 0 Å². The number of anilines is 1. The van der Waals surface area contributed by atoms with Crippen molar-refractivity contribution in [3.63, 3.8) is 0 Å². The van der Waals surface area contributed by atoms with Crippen LogP contribution in [0.15, 0.2) is 42.7 Å². The first-order valence-corrected chi connectivity index (χ1v) is 8.07. The number of carbonyl (C=O) groups excluding carboxylic acids is 1. The number of ether oxygens (including phenoxy) is 1. The number of aromatic nitrogens is 1. The van der Waals surface area contributed by atoms with Crippen molar-refractivity contribution in [1.82, 2.24) is 9.47 Å². The van der Waals surface area contributed by atoms with Crippen LogP contribution in [0.3, 0.4) is 0 Å². The average Bonchev–Trinajstić information content (AvgIpc) is 3.11. The van der Waals surface area contributed by atoms with Crippen LogP contribution in [0.4, 0.5) is 10.5 Å². The summed E-state index contributed by atoms with van der Waals surface area (Å²) in [4.78, 5) is 14.3. The first-order valence-electron chi connectivity index (χ1n) is 7.69. The van der Waals surface area contributed by atoms with Crippen LogP contribution in [0, 0.1) is 0 Å². The van der Waals surface area contributed by atoms with Crippen LogP contribution in [0.5, 0.6) is 0 Å². The molecule has 1 aliphatic heterocycles. The van der Waals surface area contributed by atoms with E-state index in [9.17, 15) is 4.79 Å². The predicted molar refractivity (Wildman–Crippen MR) is 91.4 cm³/mol. The summed E-state index contributed by atoms with van der Waals surface area (Å²) in [5.74, 6) is 0. The molecule has 2 aromatic rings. The zero-order valence-corrected chi connectivity index (χ0v) is 13.8. The Labute approximate surface area is 140 Å². The van der Waals surface area contributed by atoms with Crippen molar-refractivity contribution in [2.45, 2.75) is 18.9 Å². The van der Waals surface area contributed by atoms with Crippen molar-refractivity contribution >= 4 is 23.3 Å². The second-order valence-electron chi connectivity index (χ2n) is 5.60. The van der Waals surface area contributed by atoms with Gasteiger partial charge in [-0.05, 0) is 43.2 Å². The van der Waals surface area contributed by atoms with Gasteiger partial charge in [0, 0.05) is 37.6 Å². The fourth-order valence-electron chi connectivity index (χ4n) is 2.81. The molecule has 23 heavy (non-hydrogen) atoms. The number of urea groups is 1. The maximum atomic E-state index is 12.5. The van der Waals surface area contributed by atoms with Crippen LogP contribution in [0.2, 0.25) is 5.02 Å². The van der Waals surface area contributed by atoms with Gasteiger partial charge in [-0.15, -0.1) is 0 Å². The van der Waals surface area contributed by atoms with Crippen LogP contribution in [-0.4, -0.2) is 41.8 Å². The summed E-state index contributed by atoms with van der Waals surface area (Å²) < 4.78 is 7.27. The molecule has 1 aliphatic rings. The van der Waals surface area contributed by atoms with Gasteiger partial charge in [-0.25, -0.2) is 4.79 Å². The Balaban J connectivity index is 1.74. The smallest absolute Gasteiger partial charge is 0.321 e. The lowest BCUT2D eigenvalue weighted by Gasteiger charge is -2.31. The summed E-state index contributed by atoms with van der Waals surface area (Å²) >= 11 is 6.10. The number of piperidine rings is 1. The number of rotatable bonds is 3. The number of benzene rings is 1. The molecule has 5 nitrogen and oxygen atoms in total. The van der Waals surface area contributed by atoms with Crippen LogP contribution < -0.4 is 5.32 Å². The molecule has 6 heteroatoms. The van der Waals surface area contributed by atoms with Gasteiger partial charge in [-0.2, -0.15) is 0 Å². The first kappa shape index (κ1) is 15.9. The fourth-order valence-corrected chi connectivity index (χ4v) is 2.97. The molecule has 2 amide bonds. The molecule has 0 saturated carbocycles. The van der Waals surface area contributed by atoms with Crippen molar-refractivity contribution in [2.75, 3.05) is 25.5 Å². The molecule has 122 valence electrons. The molecule has 0 spiro atoms. The lowest BCUT2D eigenvalue weighted by Crippen LogP contribution is -2.42. The van der Waals surface area contributed by atoms with Crippen LogP contribution >= 0.6 is 11.6 Å². The van der Waals surface area contributed by atoms with Crippen molar-refractivity contribution < 1.29 is 9.53 Å². The number of nitrogens with one attached hydrogen (secondary N) is 1.